The van der Waals surface area contributed by atoms with Crippen molar-refractivity contribution < 1.29 is 19.7 Å². The molecule has 2 rings (SSSR count). The molecule has 0 amide bonds. The molecule has 0 saturated heterocycles. The number of carbonyl (C=O) groups is 1. The number of carbonyl (C=O) groups excluding carboxylic acids is 1. The lowest BCUT2D eigenvalue weighted by Gasteiger charge is -2.23. The van der Waals surface area contributed by atoms with Crippen LogP contribution in [0.25, 0.3) is 10.9 Å². The van der Waals surface area contributed by atoms with Crippen molar-refractivity contribution in [1.29, 1.82) is 0 Å². The first-order chi connectivity index (χ1) is 11.6. The number of aromatic nitrogens is 1. The van der Waals surface area contributed by atoms with E-state index < -0.39 is 12.1 Å². The fraction of sp³-hybridized carbons (Fsp3) is 0.526. The predicted molar refractivity (Wildman–Crippen MR) is 105 cm³/mol. The first kappa shape index (κ1) is 22.3. The standard InChI is InChI=1S/C19H28N2O4.ClH/c1-11(2)10-25-18(24)14-8-13-12(6-7-15(22)17(13)21-14)16(23)9-20-19(3,4)5;/h6-8,11,16,20-23H,9-10H2,1-5H3;1H. The molecule has 0 aliphatic carbocycles. The third-order valence-corrected chi connectivity index (χ3v) is 3.76. The summed E-state index contributed by atoms with van der Waals surface area (Å²) in [6.45, 7) is 10.7. The van der Waals surface area contributed by atoms with Gasteiger partial charge in [0.1, 0.15) is 11.4 Å². The van der Waals surface area contributed by atoms with E-state index in [9.17, 15) is 15.0 Å². The molecular weight excluding hydrogens is 356 g/mol. The highest BCUT2D eigenvalue weighted by Crippen LogP contribution is 2.31. The molecule has 1 unspecified atom stereocenters. The molecule has 0 bridgehead atoms. The highest BCUT2D eigenvalue weighted by Gasteiger charge is 2.20. The summed E-state index contributed by atoms with van der Waals surface area (Å²) in [6, 6.07) is 4.80. The lowest BCUT2D eigenvalue weighted by molar-refractivity contribution is 0.0453. The lowest BCUT2D eigenvalue weighted by Crippen LogP contribution is -2.38. The number of rotatable bonds is 6. The van der Waals surface area contributed by atoms with Gasteiger partial charge in [-0.1, -0.05) is 19.9 Å². The zero-order valence-corrected chi connectivity index (χ0v) is 16.7. The van der Waals surface area contributed by atoms with E-state index in [1.165, 1.54) is 6.07 Å². The van der Waals surface area contributed by atoms with Crippen molar-refractivity contribution in [2.24, 2.45) is 5.92 Å². The topological polar surface area (TPSA) is 94.6 Å². The van der Waals surface area contributed by atoms with Crippen LogP contribution in [0.4, 0.5) is 0 Å². The van der Waals surface area contributed by atoms with Crippen molar-refractivity contribution in [2.45, 2.75) is 46.3 Å². The summed E-state index contributed by atoms with van der Waals surface area (Å²) in [7, 11) is 0. The van der Waals surface area contributed by atoms with Crippen LogP contribution in [0, 0.1) is 5.92 Å². The van der Waals surface area contributed by atoms with Crippen LogP contribution < -0.4 is 5.32 Å². The van der Waals surface area contributed by atoms with Crippen molar-refractivity contribution in [1.82, 2.24) is 10.3 Å². The second-order valence-electron chi connectivity index (χ2n) is 7.78. The van der Waals surface area contributed by atoms with Gasteiger partial charge < -0.3 is 25.3 Å². The summed E-state index contributed by atoms with van der Waals surface area (Å²) < 4.78 is 5.22. The number of phenolic OH excluding ortho intramolecular Hbond substituents is 1. The number of aliphatic hydroxyl groups is 1. The van der Waals surface area contributed by atoms with E-state index in [0.717, 1.165) is 0 Å². The van der Waals surface area contributed by atoms with Crippen molar-refractivity contribution in [2.75, 3.05) is 13.2 Å². The Kier molecular flexibility index (Phi) is 7.50. The van der Waals surface area contributed by atoms with Crippen LogP contribution in [0.3, 0.4) is 0 Å². The first-order valence-corrected chi connectivity index (χ1v) is 8.53. The number of aromatic amines is 1. The molecule has 1 atom stereocenters. The van der Waals surface area contributed by atoms with Gasteiger partial charge in [-0.15, -0.1) is 12.4 Å². The highest BCUT2D eigenvalue weighted by molar-refractivity contribution is 5.98. The van der Waals surface area contributed by atoms with E-state index in [-0.39, 0.29) is 35.3 Å². The molecule has 4 N–H and O–H groups in total. The fourth-order valence-corrected chi connectivity index (χ4v) is 2.46. The SMILES string of the molecule is CC(C)COC(=O)c1cc2c(C(O)CNC(C)(C)C)ccc(O)c2[nH]1.Cl. The monoisotopic (exact) mass is 384 g/mol. The molecule has 1 aromatic carbocycles. The Labute approximate surface area is 160 Å². The zero-order chi connectivity index (χ0) is 18.8. The van der Waals surface area contributed by atoms with Crippen molar-refractivity contribution in [3.05, 3.63) is 29.5 Å². The maximum Gasteiger partial charge on any atom is 0.354 e. The highest BCUT2D eigenvalue weighted by atomic mass is 35.5. The van der Waals surface area contributed by atoms with E-state index in [4.69, 9.17) is 4.74 Å². The van der Waals surface area contributed by atoms with Gasteiger partial charge in [0, 0.05) is 17.5 Å². The lowest BCUT2D eigenvalue weighted by atomic mass is 10.0. The number of fused-ring (bicyclic) bond motifs is 1. The number of ether oxygens (including phenoxy) is 1. The number of benzene rings is 1. The van der Waals surface area contributed by atoms with Gasteiger partial charge in [-0.25, -0.2) is 4.79 Å². The molecule has 0 radical (unpaired) electrons. The second-order valence-corrected chi connectivity index (χ2v) is 7.78. The molecule has 1 heterocycles. The molecule has 0 fully saturated rings. The molecule has 7 heteroatoms. The van der Waals surface area contributed by atoms with Gasteiger partial charge in [0.2, 0.25) is 0 Å². The van der Waals surface area contributed by atoms with Crippen molar-refractivity contribution >= 4 is 29.3 Å². The van der Waals surface area contributed by atoms with Crippen molar-refractivity contribution in [3.8, 4) is 5.75 Å². The number of phenols is 1. The van der Waals surface area contributed by atoms with Gasteiger partial charge in [-0.05, 0) is 44.4 Å². The number of nitrogens with one attached hydrogen (secondary N) is 2. The molecule has 6 nitrogen and oxygen atoms in total. The molecule has 26 heavy (non-hydrogen) atoms. The second kappa shape index (κ2) is 8.75. The first-order valence-electron chi connectivity index (χ1n) is 8.53. The van der Waals surface area contributed by atoms with Gasteiger partial charge in [0.15, 0.2) is 0 Å². The van der Waals surface area contributed by atoms with Gasteiger partial charge in [0.25, 0.3) is 0 Å². The predicted octanol–water partition coefficient (Wildman–Crippen LogP) is 3.53. The van der Waals surface area contributed by atoms with E-state index >= 15 is 0 Å². The number of hydrogen-bond donors (Lipinski definition) is 4. The maximum absolute atomic E-state index is 12.2. The van der Waals surface area contributed by atoms with E-state index in [0.29, 0.717) is 29.6 Å². The molecule has 2 aromatic rings. The largest absolute Gasteiger partial charge is 0.506 e. The number of H-pyrrole nitrogens is 1. The minimum absolute atomic E-state index is 0. The summed E-state index contributed by atoms with van der Waals surface area (Å²) in [5, 5.41) is 24.5. The third-order valence-electron chi connectivity index (χ3n) is 3.76. The Morgan fingerprint density at radius 1 is 1.31 bits per heavy atom. The van der Waals surface area contributed by atoms with Crippen LogP contribution in [0.2, 0.25) is 0 Å². The number of esters is 1. The normalized spacial score (nSPS) is 12.9. The van der Waals surface area contributed by atoms with Crippen LogP contribution in [0.5, 0.6) is 5.75 Å². The maximum atomic E-state index is 12.2. The summed E-state index contributed by atoms with van der Waals surface area (Å²) >= 11 is 0. The average molecular weight is 385 g/mol. The van der Waals surface area contributed by atoms with Gasteiger partial charge >= 0.3 is 5.97 Å². The summed E-state index contributed by atoms with van der Waals surface area (Å²) in [5.41, 5.74) is 1.20. The molecule has 0 spiro atoms. The number of aliphatic hydroxyl groups excluding tert-OH is 1. The molecule has 146 valence electrons. The summed E-state index contributed by atoms with van der Waals surface area (Å²) in [4.78, 5) is 15.1. The van der Waals surface area contributed by atoms with Crippen LogP contribution in [-0.2, 0) is 4.74 Å². The van der Waals surface area contributed by atoms with Gasteiger partial charge in [-0.3, -0.25) is 0 Å². The molecule has 0 saturated carbocycles. The zero-order valence-electron chi connectivity index (χ0n) is 15.9. The van der Waals surface area contributed by atoms with Crippen LogP contribution >= 0.6 is 12.4 Å². The Morgan fingerprint density at radius 3 is 2.54 bits per heavy atom. The molecule has 1 aromatic heterocycles. The Morgan fingerprint density at radius 2 is 1.96 bits per heavy atom. The van der Waals surface area contributed by atoms with Crippen LogP contribution in [-0.4, -0.2) is 39.9 Å². The molecule has 0 aliphatic rings. The average Bonchev–Trinajstić information content (AvgIpc) is 2.96. The van der Waals surface area contributed by atoms with Crippen LogP contribution in [0.15, 0.2) is 18.2 Å². The smallest absolute Gasteiger partial charge is 0.354 e. The Bertz CT molecular complexity index is 750. The van der Waals surface area contributed by atoms with Gasteiger partial charge in [-0.2, -0.15) is 0 Å². The van der Waals surface area contributed by atoms with E-state index in [2.05, 4.69) is 10.3 Å². The summed E-state index contributed by atoms with van der Waals surface area (Å²) in [6.07, 6.45) is -0.766. The Hall–Kier alpha value is -1.76. The third kappa shape index (κ3) is 5.62. The quantitative estimate of drug-likeness (QED) is 0.571. The van der Waals surface area contributed by atoms with Crippen LogP contribution in [0.1, 0.15) is 56.8 Å². The summed E-state index contributed by atoms with van der Waals surface area (Å²) in [5.74, 6) is -0.210. The Balaban J connectivity index is 0.00000338. The number of halogens is 1. The fourth-order valence-electron chi connectivity index (χ4n) is 2.46. The number of hydrogen-bond acceptors (Lipinski definition) is 5. The number of aromatic hydroxyl groups is 1. The van der Waals surface area contributed by atoms with Gasteiger partial charge in [0.05, 0.1) is 18.2 Å². The molecule has 0 aliphatic heterocycles. The van der Waals surface area contributed by atoms with E-state index in [1.807, 2.05) is 34.6 Å². The number of β-amino-alcohol motifs (C(OH)–C–C–N with tert-alkyl or cyclic N) is 1. The van der Waals surface area contributed by atoms with E-state index in [1.54, 1.807) is 12.1 Å². The minimum Gasteiger partial charge on any atom is -0.506 e. The van der Waals surface area contributed by atoms with Crippen molar-refractivity contribution in [3.63, 3.8) is 0 Å². The minimum atomic E-state index is -0.766. The molecular formula is C19H29ClN2O4.